The molecule has 2 aromatic rings. The van der Waals surface area contributed by atoms with Crippen molar-refractivity contribution in [2.24, 2.45) is 0 Å². The van der Waals surface area contributed by atoms with Crippen LogP contribution in [-0.4, -0.2) is 34.5 Å². The first-order valence-corrected chi connectivity index (χ1v) is 7.32. The molecule has 0 spiro atoms. The molecule has 1 heterocycles. The summed E-state index contributed by atoms with van der Waals surface area (Å²) >= 11 is 5.88. The highest BCUT2D eigenvalue weighted by Crippen LogP contribution is 2.18. The van der Waals surface area contributed by atoms with Crippen LogP contribution in [0.25, 0.3) is 11.1 Å². The number of benzene rings is 1. The van der Waals surface area contributed by atoms with E-state index < -0.39 is 5.76 Å². The van der Waals surface area contributed by atoms with Gasteiger partial charge < -0.3 is 9.73 Å². The number of fused-ring (bicyclic) bond motifs is 1. The molecule has 0 fully saturated rings. The molecule has 0 atom stereocenters. The molecule has 2 rings (SSSR count). The number of amides is 1. The Hall–Kier alpha value is -1.79. The number of hydrogen-bond acceptors (Lipinski definition) is 4. The molecule has 0 unspecified atom stereocenters. The fraction of sp³-hybridized carbons (Fsp3) is 0.467. The second kappa shape index (κ2) is 6.14. The summed E-state index contributed by atoms with van der Waals surface area (Å²) in [7, 11) is 1.77. The van der Waals surface area contributed by atoms with Crippen LogP contribution in [0.15, 0.2) is 27.4 Å². The van der Waals surface area contributed by atoms with Gasteiger partial charge in [-0.25, -0.2) is 4.79 Å². The molecule has 1 amide bonds. The predicted octanol–water partition coefficient (Wildman–Crippen LogP) is 2.05. The highest BCUT2D eigenvalue weighted by atomic mass is 35.5. The monoisotopic (exact) mass is 325 g/mol. The fourth-order valence-corrected chi connectivity index (χ4v) is 2.33. The normalized spacial score (nSPS) is 12.1. The summed E-state index contributed by atoms with van der Waals surface area (Å²) in [6, 6.07) is 5.02. The summed E-state index contributed by atoms with van der Waals surface area (Å²) < 4.78 is 6.63. The zero-order valence-corrected chi connectivity index (χ0v) is 13.9. The molecule has 0 saturated carbocycles. The Morgan fingerprint density at radius 2 is 2.09 bits per heavy atom. The van der Waals surface area contributed by atoms with Crippen molar-refractivity contribution in [3.8, 4) is 0 Å². The van der Waals surface area contributed by atoms with E-state index in [2.05, 4.69) is 5.32 Å². The lowest BCUT2D eigenvalue weighted by Gasteiger charge is -2.23. The molecule has 0 aliphatic heterocycles. The number of carbonyl (C=O) groups is 1. The van der Waals surface area contributed by atoms with Crippen LogP contribution >= 0.6 is 11.6 Å². The van der Waals surface area contributed by atoms with E-state index >= 15 is 0 Å². The van der Waals surface area contributed by atoms with Crippen LogP contribution in [0.2, 0.25) is 5.02 Å². The van der Waals surface area contributed by atoms with E-state index in [1.165, 1.54) is 4.57 Å². The van der Waals surface area contributed by atoms with Crippen LogP contribution in [0.4, 0.5) is 0 Å². The van der Waals surface area contributed by atoms with Crippen LogP contribution in [0.1, 0.15) is 20.8 Å². The van der Waals surface area contributed by atoms with Gasteiger partial charge in [-0.1, -0.05) is 11.6 Å². The molecule has 0 saturated heterocycles. The lowest BCUT2D eigenvalue weighted by molar-refractivity contribution is -0.123. The van der Waals surface area contributed by atoms with Gasteiger partial charge in [-0.2, -0.15) is 0 Å². The third-order valence-electron chi connectivity index (χ3n) is 2.94. The standard InChI is InChI=1S/C15H20ClN3O3/c1-15(2,3)17-13(20)8-18(4)9-19-11-6-5-10(16)7-12(11)22-14(19)21/h5-7H,8-9H2,1-4H3,(H,17,20). The summed E-state index contributed by atoms with van der Waals surface area (Å²) in [6.45, 7) is 6.20. The van der Waals surface area contributed by atoms with Crippen molar-refractivity contribution in [3.05, 3.63) is 33.8 Å². The molecule has 0 radical (unpaired) electrons. The quantitative estimate of drug-likeness (QED) is 0.934. The van der Waals surface area contributed by atoms with Crippen LogP contribution < -0.4 is 11.1 Å². The molecule has 6 nitrogen and oxygen atoms in total. The smallest absolute Gasteiger partial charge is 0.408 e. The van der Waals surface area contributed by atoms with Gasteiger partial charge in [0.1, 0.15) is 0 Å². The Morgan fingerprint density at radius 3 is 2.73 bits per heavy atom. The second-order valence-electron chi connectivity index (χ2n) is 6.36. The number of rotatable bonds is 4. The average molecular weight is 326 g/mol. The van der Waals surface area contributed by atoms with E-state index in [-0.39, 0.29) is 24.7 Å². The highest BCUT2D eigenvalue weighted by molar-refractivity contribution is 6.31. The minimum absolute atomic E-state index is 0.0982. The van der Waals surface area contributed by atoms with Crippen LogP contribution in [0.5, 0.6) is 0 Å². The summed E-state index contributed by atoms with van der Waals surface area (Å²) in [5.74, 6) is -0.570. The summed E-state index contributed by atoms with van der Waals surface area (Å²) in [5, 5.41) is 3.39. The van der Waals surface area contributed by atoms with Gasteiger partial charge in [-0.3, -0.25) is 14.3 Å². The number of aromatic nitrogens is 1. The second-order valence-corrected chi connectivity index (χ2v) is 6.80. The summed E-state index contributed by atoms with van der Waals surface area (Å²) in [6.07, 6.45) is 0. The summed E-state index contributed by atoms with van der Waals surface area (Å²) in [4.78, 5) is 25.6. The van der Waals surface area contributed by atoms with Crippen molar-refractivity contribution in [1.82, 2.24) is 14.8 Å². The van der Waals surface area contributed by atoms with Crippen molar-refractivity contribution >= 4 is 28.6 Å². The van der Waals surface area contributed by atoms with Crippen LogP contribution in [0.3, 0.4) is 0 Å². The molecule has 7 heteroatoms. The molecule has 0 bridgehead atoms. The molecular formula is C15H20ClN3O3. The predicted molar refractivity (Wildman–Crippen MR) is 86.0 cm³/mol. The molecule has 0 aliphatic carbocycles. The molecule has 1 N–H and O–H groups in total. The van der Waals surface area contributed by atoms with Crippen LogP contribution in [0, 0.1) is 0 Å². The minimum atomic E-state index is -0.472. The Kier molecular flexibility index (Phi) is 4.63. The van der Waals surface area contributed by atoms with E-state index in [0.717, 1.165) is 0 Å². The maximum atomic E-state index is 11.9. The van der Waals surface area contributed by atoms with Gasteiger partial charge in [0.05, 0.1) is 18.7 Å². The number of halogens is 1. The Balaban J connectivity index is 2.12. The molecule has 0 aliphatic rings. The van der Waals surface area contributed by atoms with Crippen molar-refractivity contribution in [2.45, 2.75) is 33.0 Å². The Labute approximate surface area is 133 Å². The maximum absolute atomic E-state index is 11.9. The van der Waals surface area contributed by atoms with Gasteiger partial charge in [0.25, 0.3) is 0 Å². The first-order chi connectivity index (χ1) is 10.2. The third-order valence-corrected chi connectivity index (χ3v) is 3.18. The van der Waals surface area contributed by atoms with Gasteiger partial charge in [0.15, 0.2) is 5.58 Å². The number of hydrogen-bond donors (Lipinski definition) is 1. The highest BCUT2D eigenvalue weighted by Gasteiger charge is 2.17. The van der Waals surface area contributed by atoms with E-state index in [1.54, 1.807) is 30.1 Å². The largest absolute Gasteiger partial charge is 0.421 e. The van der Waals surface area contributed by atoms with Crippen molar-refractivity contribution in [2.75, 3.05) is 13.6 Å². The number of oxazole rings is 1. The molecular weight excluding hydrogens is 306 g/mol. The van der Waals surface area contributed by atoms with Crippen molar-refractivity contribution < 1.29 is 9.21 Å². The number of nitrogens with zero attached hydrogens (tertiary/aromatic N) is 2. The van der Waals surface area contributed by atoms with Crippen molar-refractivity contribution in [3.63, 3.8) is 0 Å². The van der Waals surface area contributed by atoms with Crippen molar-refractivity contribution in [1.29, 1.82) is 0 Å². The van der Waals surface area contributed by atoms with Gasteiger partial charge in [-0.05, 0) is 40.0 Å². The van der Waals surface area contributed by atoms with E-state index in [1.807, 2.05) is 20.8 Å². The number of carbonyl (C=O) groups excluding carboxylic acids is 1. The average Bonchev–Trinajstić information content (AvgIpc) is 2.62. The van der Waals surface area contributed by atoms with Gasteiger partial charge in [0, 0.05) is 16.6 Å². The minimum Gasteiger partial charge on any atom is -0.408 e. The number of likely N-dealkylation sites (N-methyl/N-ethyl adjacent to an activating group) is 1. The fourth-order valence-electron chi connectivity index (χ4n) is 2.17. The maximum Gasteiger partial charge on any atom is 0.421 e. The lowest BCUT2D eigenvalue weighted by Crippen LogP contribution is -2.45. The zero-order valence-electron chi connectivity index (χ0n) is 13.1. The number of nitrogens with one attached hydrogen (secondary N) is 1. The van der Waals surface area contributed by atoms with E-state index in [0.29, 0.717) is 16.1 Å². The lowest BCUT2D eigenvalue weighted by atomic mass is 10.1. The first kappa shape index (κ1) is 16.6. The van der Waals surface area contributed by atoms with Gasteiger partial charge in [0.2, 0.25) is 5.91 Å². The SMILES string of the molecule is CN(CC(=O)NC(C)(C)C)Cn1c(=O)oc2cc(Cl)ccc21. The zero-order chi connectivity index (χ0) is 16.5. The van der Waals surface area contributed by atoms with Gasteiger partial charge >= 0.3 is 5.76 Å². The van der Waals surface area contributed by atoms with Gasteiger partial charge in [-0.15, -0.1) is 0 Å². The first-order valence-electron chi connectivity index (χ1n) is 6.94. The Morgan fingerprint density at radius 1 is 1.41 bits per heavy atom. The summed E-state index contributed by atoms with van der Waals surface area (Å²) in [5.41, 5.74) is 0.802. The molecule has 120 valence electrons. The topological polar surface area (TPSA) is 67.5 Å². The van der Waals surface area contributed by atoms with E-state index in [4.69, 9.17) is 16.0 Å². The Bertz CT molecular complexity index is 743. The molecule has 22 heavy (non-hydrogen) atoms. The molecule has 1 aromatic carbocycles. The third kappa shape index (κ3) is 4.11. The van der Waals surface area contributed by atoms with Crippen LogP contribution in [-0.2, 0) is 11.5 Å². The molecule has 1 aromatic heterocycles. The van der Waals surface area contributed by atoms with E-state index in [9.17, 15) is 9.59 Å².